The molecule has 0 aromatic carbocycles. The molecule has 1 saturated heterocycles. The molecular weight excluding hydrogens is 150 g/mol. The van der Waals surface area contributed by atoms with Crippen LogP contribution in [0.15, 0.2) is 0 Å². The van der Waals surface area contributed by atoms with E-state index in [4.69, 9.17) is 10.5 Å². The predicted molar refractivity (Wildman–Crippen MR) is 48.9 cm³/mol. The minimum absolute atomic E-state index is 0.364. The molecule has 1 saturated carbocycles. The molecule has 0 aromatic rings. The fourth-order valence-corrected chi connectivity index (χ4v) is 2.70. The Kier molecular flexibility index (Phi) is 2.37. The Morgan fingerprint density at radius 3 is 2.58 bits per heavy atom. The minimum atomic E-state index is 0.364. The second-order valence-electron chi connectivity index (χ2n) is 4.43. The van der Waals surface area contributed by atoms with Crippen LogP contribution >= 0.6 is 0 Å². The van der Waals surface area contributed by atoms with E-state index in [-0.39, 0.29) is 0 Å². The van der Waals surface area contributed by atoms with Gasteiger partial charge in [-0.3, -0.25) is 0 Å². The Morgan fingerprint density at radius 1 is 1.25 bits per heavy atom. The van der Waals surface area contributed by atoms with Crippen LogP contribution in [0.3, 0.4) is 0 Å². The highest BCUT2D eigenvalue weighted by atomic mass is 16.5. The van der Waals surface area contributed by atoms with E-state index >= 15 is 0 Å². The molecule has 2 aliphatic rings. The normalized spacial score (nSPS) is 34.2. The first-order chi connectivity index (χ1) is 5.85. The highest BCUT2D eigenvalue weighted by Crippen LogP contribution is 2.44. The van der Waals surface area contributed by atoms with Gasteiger partial charge < -0.3 is 10.5 Å². The Labute approximate surface area is 74.5 Å². The van der Waals surface area contributed by atoms with Crippen LogP contribution in [-0.2, 0) is 4.74 Å². The van der Waals surface area contributed by atoms with E-state index < -0.39 is 0 Å². The standard InChI is InChI=1S/C10H19NO/c11-7-9-6-10(8-12-9)4-2-1-3-5-10/h9H,1-8,11H2. The molecule has 0 aromatic heterocycles. The molecule has 2 fully saturated rings. The van der Waals surface area contributed by atoms with Crippen LogP contribution in [-0.4, -0.2) is 19.3 Å². The predicted octanol–water partition coefficient (Wildman–Crippen LogP) is 1.68. The molecule has 1 atom stereocenters. The lowest BCUT2D eigenvalue weighted by Gasteiger charge is -2.31. The Morgan fingerprint density at radius 2 is 2.00 bits per heavy atom. The molecular formula is C10H19NO. The van der Waals surface area contributed by atoms with Crippen molar-refractivity contribution in [2.45, 2.75) is 44.6 Å². The number of hydrogen-bond acceptors (Lipinski definition) is 2. The lowest BCUT2D eigenvalue weighted by Crippen LogP contribution is -2.25. The number of ether oxygens (including phenoxy) is 1. The van der Waals surface area contributed by atoms with Crippen LogP contribution in [0.1, 0.15) is 38.5 Å². The Balaban J connectivity index is 1.94. The fraction of sp³-hybridized carbons (Fsp3) is 1.00. The largest absolute Gasteiger partial charge is 0.376 e. The molecule has 0 bridgehead atoms. The third-order valence-corrected chi connectivity index (χ3v) is 3.46. The van der Waals surface area contributed by atoms with Crippen LogP contribution in [0.4, 0.5) is 0 Å². The zero-order valence-corrected chi connectivity index (χ0v) is 7.72. The van der Waals surface area contributed by atoms with E-state index in [1.165, 1.54) is 38.5 Å². The summed E-state index contributed by atoms with van der Waals surface area (Å²) < 4.78 is 5.67. The molecule has 0 radical (unpaired) electrons. The van der Waals surface area contributed by atoms with Crippen molar-refractivity contribution in [1.29, 1.82) is 0 Å². The van der Waals surface area contributed by atoms with Gasteiger partial charge in [0.2, 0.25) is 0 Å². The molecule has 1 aliphatic carbocycles. The summed E-state index contributed by atoms with van der Waals surface area (Å²) in [7, 11) is 0. The Hall–Kier alpha value is -0.0800. The first-order valence-corrected chi connectivity index (χ1v) is 5.16. The van der Waals surface area contributed by atoms with E-state index in [1.54, 1.807) is 0 Å². The average molecular weight is 169 g/mol. The van der Waals surface area contributed by atoms with Crippen LogP contribution < -0.4 is 5.73 Å². The van der Waals surface area contributed by atoms with Gasteiger partial charge in [-0.05, 0) is 24.7 Å². The maximum Gasteiger partial charge on any atom is 0.0703 e. The lowest BCUT2D eigenvalue weighted by atomic mass is 9.73. The molecule has 1 heterocycles. The molecule has 2 heteroatoms. The fourth-order valence-electron chi connectivity index (χ4n) is 2.70. The SMILES string of the molecule is NCC1CC2(CCCCC2)CO1. The van der Waals surface area contributed by atoms with Gasteiger partial charge >= 0.3 is 0 Å². The highest BCUT2D eigenvalue weighted by molar-refractivity contribution is 4.90. The number of rotatable bonds is 1. The van der Waals surface area contributed by atoms with Gasteiger partial charge in [0.25, 0.3) is 0 Å². The summed E-state index contributed by atoms with van der Waals surface area (Å²) in [5.74, 6) is 0. The molecule has 2 rings (SSSR count). The molecule has 1 aliphatic heterocycles. The minimum Gasteiger partial charge on any atom is -0.376 e. The van der Waals surface area contributed by atoms with Crippen molar-refractivity contribution >= 4 is 0 Å². The van der Waals surface area contributed by atoms with Gasteiger partial charge in [0.1, 0.15) is 0 Å². The van der Waals surface area contributed by atoms with Crippen molar-refractivity contribution in [3.8, 4) is 0 Å². The second kappa shape index (κ2) is 3.35. The molecule has 1 spiro atoms. The van der Waals surface area contributed by atoms with Crippen molar-refractivity contribution in [3.05, 3.63) is 0 Å². The average Bonchev–Trinajstić information content (AvgIpc) is 2.50. The highest BCUT2D eigenvalue weighted by Gasteiger charge is 2.39. The van der Waals surface area contributed by atoms with Gasteiger partial charge in [-0.2, -0.15) is 0 Å². The topological polar surface area (TPSA) is 35.2 Å². The maximum absolute atomic E-state index is 5.67. The second-order valence-corrected chi connectivity index (χ2v) is 4.43. The van der Waals surface area contributed by atoms with Crippen LogP contribution in [0.25, 0.3) is 0 Å². The van der Waals surface area contributed by atoms with E-state index in [9.17, 15) is 0 Å². The summed E-state index contributed by atoms with van der Waals surface area (Å²) in [5.41, 5.74) is 6.14. The van der Waals surface area contributed by atoms with Gasteiger partial charge in [0, 0.05) is 6.54 Å². The van der Waals surface area contributed by atoms with Crippen molar-refractivity contribution in [2.24, 2.45) is 11.1 Å². The number of hydrogen-bond donors (Lipinski definition) is 1. The maximum atomic E-state index is 5.67. The summed E-state index contributed by atoms with van der Waals surface area (Å²) in [4.78, 5) is 0. The lowest BCUT2D eigenvalue weighted by molar-refractivity contribution is 0.0882. The van der Waals surface area contributed by atoms with Gasteiger partial charge in [-0.1, -0.05) is 19.3 Å². The van der Waals surface area contributed by atoms with Crippen molar-refractivity contribution in [1.82, 2.24) is 0 Å². The monoisotopic (exact) mass is 169 g/mol. The van der Waals surface area contributed by atoms with E-state index in [2.05, 4.69) is 0 Å². The zero-order valence-electron chi connectivity index (χ0n) is 7.72. The Bertz CT molecular complexity index is 152. The summed E-state index contributed by atoms with van der Waals surface area (Å²) in [6.07, 6.45) is 8.58. The summed E-state index contributed by atoms with van der Waals surface area (Å²) in [6.45, 7) is 1.69. The van der Waals surface area contributed by atoms with E-state index in [0.29, 0.717) is 18.1 Å². The first-order valence-electron chi connectivity index (χ1n) is 5.16. The van der Waals surface area contributed by atoms with Gasteiger partial charge in [0.15, 0.2) is 0 Å². The quantitative estimate of drug-likeness (QED) is 0.648. The van der Waals surface area contributed by atoms with Gasteiger partial charge in [0.05, 0.1) is 12.7 Å². The molecule has 2 nitrogen and oxygen atoms in total. The third kappa shape index (κ3) is 1.50. The summed E-state index contributed by atoms with van der Waals surface area (Å²) in [6, 6.07) is 0. The van der Waals surface area contributed by atoms with Crippen LogP contribution in [0.2, 0.25) is 0 Å². The molecule has 1 unspecified atom stereocenters. The molecule has 12 heavy (non-hydrogen) atoms. The van der Waals surface area contributed by atoms with E-state index in [1.807, 2.05) is 0 Å². The summed E-state index contributed by atoms with van der Waals surface area (Å²) >= 11 is 0. The van der Waals surface area contributed by atoms with Gasteiger partial charge in [-0.25, -0.2) is 0 Å². The number of nitrogens with two attached hydrogens (primary N) is 1. The molecule has 0 amide bonds. The van der Waals surface area contributed by atoms with Crippen LogP contribution in [0, 0.1) is 5.41 Å². The van der Waals surface area contributed by atoms with Crippen molar-refractivity contribution in [2.75, 3.05) is 13.2 Å². The first kappa shape index (κ1) is 8.52. The summed E-state index contributed by atoms with van der Waals surface area (Å²) in [5, 5.41) is 0. The van der Waals surface area contributed by atoms with Crippen LogP contribution in [0.5, 0.6) is 0 Å². The molecule has 2 N–H and O–H groups in total. The third-order valence-electron chi connectivity index (χ3n) is 3.46. The van der Waals surface area contributed by atoms with Crippen molar-refractivity contribution < 1.29 is 4.74 Å². The van der Waals surface area contributed by atoms with E-state index in [0.717, 1.165) is 6.61 Å². The zero-order chi connectivity index (χ0) is 8.44. The van der Waals surface area contributed by atoms with Gasteiger partial charge in [-0.15, -0.1) is 0 Å². The smallest absolute Gasteiger partial charge is 0.0703 e. The van der Waals surface area contributed by atoms with Crippen molar-refractivity contribution in [3.63, 3.8) is 0 Å². The molecule has 70 valence electrons.